The zero-order valence-corrected chi connectivity index (χ0v) is 12.6. The first kappa shape index (κ1) is 16.2. The molecular weight excluding hydrogens is 292 g/mol. The summed E-state index contributed by atoms with van der Waals surface area (Å²) in [5, 5.41) is 2.60. The minimum atomic E-state index is -0.359. The molecule has 0 aliphatic carbocycles. The fourth-order valence-electron chi connectivity index (χ4n) is 1.94. The first-order valence-corrected chi connectivity index (χ1v) is 7.02. The van der Waals surface area contributed by atoms with Gasteiger partial charge in [-0.2, -0.15) is 0 Å². The maximum Gasteiger partial charge on any atom is 0.258 e. The lowest BCUT2D eigenvalue weighted by molar-refractivity contribution is -0.120. The average Bonchev–Trinajstić information content (AvgIpc) is 2.89. The second kappa shape index (κ2) is 7.70. The summed E-state index contributed by atoms with van der Waals surface area (Å²) in [7, 11) is 0. The molecule has 3 amide bonds. The molecule has 0 aromatic heterocycles. The van der Waals surface area contributed by atoms with Gasteiger partial charge in [0.2, 0.25) is 5.91 Å². The van der Waals surface area contributed by atoms with Crippen molar-refractivity contribution >= 4 is 29.1 Å². The summed E-state index contributed by atoms with van der Waals surface area (Å²) in [4.78, 5) is 34.7. The molecule has 3 rings (SSSR count). The van der Waals surface area contributed by atoms with E-state index in [1.54, 1.807) is 24.3 Å². The van der Waals surface area contributed by atoms with Crippen LogP contribution in [-0.2, 0) is 14.4 Å². The second-order valence-corrected chi connectivity index (χ2v) is 4.73. The van der Waals surface area contributed by atoms with Crippen LogP contribution < -0.4 is 10.2 Å². The number of imide groups is 1. The van der Waals surface area contributed by atoms with Crippen molar-refractivity contribution in [1.82, 2.24) is 0 Å². The van der Waals surface area contributed by atoms with E-state index in [1.165, 1.54) is 19.1 Å². The van der Waals surface area contributed by atoms with Gasteiger partial charge in [0, 0.05) is 24.8 Å². The summed E-state index contributed by atoms with van der Waals surface area (Å²) in [6.07, 6.45) is 2.45. The van der Waals surface area contributed by atoms with Crippen molar-refractivity contribution in [3.05, 3.63) is 72.8 Å². The van der Waals surface area contributed by atoms with Crippen LogP contribution in [0.5, 0.6) is 0 Å². The number of nitrogens with zero attached hydrogens (tertiary/aromatic N) is 1. The highest BCUT2D eigenvalue weighted by Gasteiger charge is 2.24. The van der Waals surface area contributed by atoms with E-state index in [2.05, 4.69) is 5.32 Å². The topological polar surface area (TPSA) is 66.5 Å². The number of rotatable bonds is 2. The molecular formula is C18H16N2O3. The maximum atomic E-state index is 11.4. The van der Waals surface area contributed by atoms with Gasteiger partial charge in [-0.1, -0.05) is 36.4 Å². The molecule has 2 aromatic carbocycles. The Kier molecular flexibility index (Phi) is 5.41. The highest BCUT2D eigenvalue weighted by atomic mass is 16.2. The van der Waals surface area contributed by atoms with Gasteiger partial charge in [0.05, 0.1) is 5.69 Å². The summed E-state index contributed by atoms with van der Waals surface area (Å²) >= 11 is 0. The quantitative estimate of drug-likeness (QED) is 0.868. The first-order chi connectivity index (χ1) is 11.1. The van der Waals surface area contributed by atoms with E-state index >= 15 is 0 Å². The van der Waals surface area contributed by atoms with E-state index in [9.17, 15) is 14.4 Å². The van der Waals surface area contributed by atoms with Crippen LogP contribution in [0.2, 0.25) is 0 Å². The third-order valence-corrected chi connectivity index (χ3v) is 2.92. The Bertz CT molecular complexity index is 677. The minimum Gasteiger partial charge on any atom is -0.326 e. The third-order valence-electron chi connectivity index (χ3n) is 2.92. The zero-order valence-electron chi connectivity index (χ0n) is 12.6. The molecule has 0 saturated heterocycles. The number of amides is 3. The number of benzene rings is 2. The van der Waals surface area contributed by atoms with Crippen LogP contribution in [0, 0.1) is 0 Å². The van der Waals surface area contributed by atoms with Crippen molar-refractivity contribution in [2.24, 2.45) is 0 Å². The first-order valence-electron chi connectivity index (χ1n) is 7.02. The van der Waals surface area contributed by atoms with Gasteiger partial charge < -0.3 is 5.32 Å². The normalized spacial score (nSPS) is 12.7. The lowest BCUT2D eigenvalue weighted by Gasteiger charge is -2.14. The Morgan fingerprint density at radius 1 is 0.826 bits per heavy atom. The largest absolute Gasteiger partial charge is 0.326 e. The summed E-state index contributed by atoms with van der Waals surface area (Å²) in [6.45, 7) is 1.41. The summed E-state index contributed by atoms with van der Waals surface area (Å²) in [5.74, 6) is -0.891. The fraction of sp³-hybridized carbons (Fsp3) is 0.0556. The molecule has 0 bridgehead atoms. The molecule has 0 atom stereocenters. The molecule has 0 radical (unpaired) electrons. The zero-order chi connectivity index (χ0) is 16.7. The van der Waals surface area contributed by atoms with Crippen molar-refractivity contribution < 1.29 is 14.4 Å². The number of nitrogens with one attached hydrogen (secondary N) is 1. The van der Waals surface area contributed by atoms with Crippen molar-refractivity contribution in [3.63, 3.8) is 0 Å². The highest BCUT2D eigenvalue weighted by molar-refractivity contribution is 6.28. The molecule has 0 saturated carbocycles. The third kappa shape index (κ3) is 4.64. The molecule has 2 aromatic rings. The standard InChI is InChI=1S/C12H10N2O3.C6H6/c1-8(15)13-9-2-4-10(5-3-9)14-11(16)6-7-12(14)17;1-2-4-6-5-3-1/h2-7H,1H3,(H,13,15);1-6H. The molecule has 5 heteroatoms. The lowest BCUT2D eigenvalue weighted by atomic mass is 10.2. The van der Waals surface area contributed by atoms with Crippen LogP contribution in [0.4, 0.5) is 11.4 Å². The molecule has 1 heterocycles. The van der Waals surface area contributed by atoms with Gasteiger partial charge >= 0.3 is 0 Å². The molecule has 5 nitrogen and oxygen atoms in total. The maximum absolute atomic E-state index is 11.4. The molecule has 23 heavy (non-hydrogen) atoms. The van der Waals surface area contributed by atoms with Gasteiger partial charge in [0.15, 0.2) is 0 Å². The van der Waals surface area contributed by atoms with Crippen molar-refractivity contribution in [2.45, 2.75) is 6.92 Å². The summed E-state index contributed by atoms with van der Waals surface area (Å²) in [6, 6.07) is 18.5. The van der Waals surface area contributed by atoms with Gasteiger partial charge in [0.1, 0.15) is 0 Å². The Morgan fingerprint density at radius 3 is 1.65 bits per heavy atom. The summed E-state index contributed by atoms with van der Waals surface area (Å²) < 4.78 is 0. The Labute approximate surface area is 134 Å². The van der Waals surface area contributed by atoms with Gasteiger partial charge in [-0.25, -0.2) is 4.90 Å². The van der Waals surface area contributed by atoms with Crippen molar-refractivity contribution in [2.75, 3.05) is 10.2 Å². The van der Waals surface area contributed by atoms with E-state index in [4.69, 9.17) is 0 Å². The SMILES string of the molecule is CC(=O)Nc1ccc(N2C(=O)C=CC2=O)cc1.c1ccccc1. The number of hydrogen-bond acceptors (Lipinski definition) is 3. The minimum absolute atomic E-state index is 0.173. The van der Waals surface area contributed by atoms with Crippen LogP contribution in [0.25, 0.3) is 0 Å². The van der Waals surface area contributed by atoms with Gasteiger partial charge in [-0.05, 0) is 24.3 Å². The monoisotopic (exact) mass is 308 g/mol. The Hall–Kier alpha value is -3.21. The number of carbonyl (C=O) groups excluding carboxylic acids is 3. The number of carbonyl (C=O) groups is 3. The van der Waals surface area contributed by atoms with E-state index in [0.29, 0.717) is 11.4 Å². The van der Waals surface area contributed by atoms with Crippen LogP contribution in [-0.4, -0.2) is 17.7 Å². The van der Waals surface area contributed by atoms with Crippen LogP contribution in [0.15, 0.2) is 72.8 Å². The van der Waals surface area contributed by atoms with Gasteiger partial charge in [-0.15, -0.1) is 0 Å². The van der Waals surface area contributed by atoms with Crippen molar-refractivity contribution in [1.29, 1.82) is 0 Å². The second-order valence-electron chi connectivity index (χ2n) is 4.73. The molecule has 0 fully saturated rings. The molecule has 116 valence electrons. The van der Waals surface area contributed by atoms with Crippen LogP contribution in [0.1, 0.15) is 6.92 Å². The smallest absolute Gasteiger partial charge is 0.258 e. The van der Waals surface area contributed by atoms with Crippen LogP contribution >= 0.6 is 0 Å². The lowest BCUT2D eigenvalue weighted by Crippen LogP contribution is -2.29. The summed E-state index contributed by atoms with van der Waals surface area (Å²) in [5.41, 5.74) is 1.10. The predicted molar refractivity (Wildman–Crippen MR) is 88.8 cm³/mol. The Balaban J connectivity index is 0.000000268. The number of anilines is 2. The van der Waals surface area contributed by atoms with Crippen LogP contribution in [0.3, 0.4) is 0 Å². The van der Waals surface area contributed by atoms with E-state index in [1.807, 2.05) is 36.4 Å². The molecule has 1 aliphatic heterocycles. The highest BCUT2D eigenvalue weighted by Crippen LogP contribution is 2.21. The molecule has 0 unspecified atom stereocenters. The van der Waals surface area contributed by atoms with Gasteiger partial charge in [0.25, 0.3) is 11.8 Å². The molecule has 1 N–H and O–H groups in total. The van der Waals surface area contributed by atoms with Crippen molar-refractivity contribution in [3.8, 4) is 0 Å². The predicted octanol–water partition coefficient (Wildman–Crippen LogP) is 2.76. The molecule has 1 aliphatic rings. The van der Waals surface area contributed by atoms with Gasteiger partial charge in [-0.3, -0.25) is 14.4 Å². The van der Waals surface area contributed by atoms with E-state index in [0.717, 1.165) is 4.90 Å². The van der Waals surface area contributed by atoms with E-state index < -0.39 is 0 Å². The number of hydrogen-bond donors (Lipinski definition) is 1. The fourth-order valence-corrected chi connectivity index (χ4v) is 1.94. The molecule has 0 spiro atoms. The average molecular weight is 308 g/mol. The van der Waals surface area contributed by atoms with E-state index in [-0.39, 0.29) is 17.7 Å². The Morgan fingerprint density at radius 2 is 1.26 bits per heavy atom.